The van der Waals surface area contributed by atoms with Crippen molar-refractivity contribution in [1.82, 2.24) is 4.90 Å². The predicted octanol–water partition coefficient (Wildman–Crippen LogP) is 1.44. The van der Waals surface area contributed by atoms with Gasteiger partial charge in [0.2, 0.25) is 0 Å². The Morgan fingerprint density at radius 2 is 2.08 bits per heavy atom. The predicted molar refractivity (Wildman–Crippen MR) is 56.8 cm³/mol. The molecule has 0 bridgehead atoms. The van der Waals surface area contributed by atoms with Crippen LogP contribution in [0.4, 0.5) is 0 Å². The molecule has 0 aromatic heterocycles. The van der Waals surface area contributed by atoms with E-state index in [4.69, 9.17) is 0 Å². The lowest BCUT2D eigenvalue weighted by molar-refractivity contribution is 0.121. The van der Waals surface area contributed by atoms with Gasteiger partial charge in [0, 0.05) is 18.3 Å². The van der Waals surface area contributed by atoms with Gasteiger partial charge >= 0.3 is 0 Å². The molecule has 1 N–H and O–H groups in total. The molecule has 12 heavy (non-hydrogen) atoms. The van der Waals surface area contributed by atoms with E-state index >= 15 is 0 Å². The van der Waals surface area contributed by atoms with Gasteiger partial charge in [-0.25, -0.2) is 0 Å². The second kappa shape index (κ2) is 6.75. The van der Waals surface area contributed by atoms with E-state index in [0.29, 0.717) is 6.04 Å². The largest absolute Gasteiger partial charge is 0.392 e. The van der Waals surface area contributed by atoms with Crippen LogP contribution in [-0.2, 0) is 0 Å². The molecule has 0 radical (unpaired) electrons. The van der Waals surface area contributed by atoms with E-state index in [1.54, 1.807) is 0 Å². The van der Waals surface area contributed by atoms with Crippen LogP contribution in [0.25, 0.3) is 0 Å². The zero-order valence-corrected chi connectivity index (χ0v) is 9.40. The third kappa shape index (κ3) is 5.01. The summed E-state index contributed by atoms with van der Waals surface area (Å²) in [6.45, 7) is 4.81. The maximum atomic E-state index is 9.19. The number of hydrogen-bond donors (Lipinski definition) is 1. The minimum atomic E-state index is -0.217. The summed E-state index contributed by atoms with van der Waals surface area (Å²) < 4.78 is 0. The fraction of sp³-hybridized carbons (Fsp3) is 1.00. The van der Waals surface area contributed by atoms with E-state index in [-0.39, 0.29) is 6.10 Å². The summed E-state index contributed by atoms with van der Waals surface area (Å²) in [7, 11) is 2.08. The second-order valence-electron chi connectivity index (χ2n) is 3.31. The molecule has 3 heteroatoms. The highest BCUT2D eigenvalue weighted by molar-refractivity contribution is 7.98. The van der Waals surface area contributed by atoms with Crippen LogP contribution in [0.5, 0.6) is 0 Å². The fourth-order valence-corrected chi connectivity index (χ4v) is 2.19. The van der Waals surface area contributed by atoms with Crippen LogP contribution in [0.15, 0.2) is 0 Å². The van der Waals surface area contributed by atoms with Gasteiger partial charge in [-0.15, -0.1) is 0 Å². The van der Waals surface area contributed by atoms with Gasteiger partial charge in [0.25, 0.3) is 0 Å². The van der Waals surface area contributed by atoms with Crippen LogP contribution in [0, 0.1) is 0 Å². The highest BCUT2D eigenvalue weighted by Gasteiger charge is 2.12. The molecule has 0 heterocycles. The highest BCUT2D eigenvalue weighted by Crippen LogP contribution is 2.08. The second-order valence-corrected chi connectivity index (χ2v) is 4.22. The molecule has 0 aliphatic heterocycles. The zero-order chi connectivity index (χ0) is 9.56. The third-order valence-corrected chi connectivity index (χ3v) is 2.72. The van der Waals surface area contributed by atoms with Crippen molar-refractivity contribution in [3.8, 4) is 0 Å². The summed E-state index contributed by atoms with van der Waals surface area (Å²) in [5.41, 5.74) is 0. The molecule has 1 unspecified atom stereocenters. The summed E-state index contributed by atoms with van der Waals surface area (Å²) >= 11 is 1.87. The summed E-state index contributed by atoms with van der Waals surface area (Å²) in [6, 6.07) is 0.606. The lowest BCUT2D eigenvalue weighted by Crippen LogP contribution is -2.37. The van der Waals surface area contributed by atoms with Crippen molar-refractivity contribution in [2.75, 3.05) is 25.6 Å². The number of aliphatic hydroxyl groups is 1. The van der Waals surface area contributed by atoms with Crippen molar-refractivity contribution in [1.29, 1.82) is 0 Å². The number of nitrogens with zero attached hydrogens (tertiary/aromatic N) is 1. The molecular formula is C9H21NOS. The average molecular weight is 191 g/mol. The Morgan fingerprint density at radius 1 is 1.50 bits per heavy atom. The molecular weight excluding hydrogens is 170 g/mol. The molecule has 0 aromatic carbocycles. The fourth-order valence-electron chi connectivity index (χ4n) is 1.31. The van der Waals surface area contributed by atoms with Gasteiger partial charge in [-0.1, -0.05) is 6.92 Å². The lowest BCUT2D eigenvalue weighted by Gasteiger charge is -2.27. The first-order valence-electron chi connectivity index (χ1n) is 4.49. The van der Waals surface area contributed by atoms with Crippen LogP contribution in [0.3, 0.4) is 0 Å². The number of thioether (sulfide) groups is 1. The maximum absolute atomic E-state index is 9.19. The zero-order valence-electron chi connectivity index (χ0n) is 8.58. The number of aliphatic hydroxyl groups excluding tert-OH is 1. The van der Waals surface area contributed by atoms with Gasteiger partial charge in [0.15, 0.2) is 0 Å². The number of rotatable bonds is 6. The van der Waals surface area contributed by atoms with Gasteiger partial charge < -0.3 is 10.0 Å². The molecule has 0 aliphatic rings. The van der Waals surface area contributed by atoms with E-state index < -0.39 is 0 Å². The standard InChI is InChI=1S/C9H21NOS/c1-5-9(7-12-4)10(3)6-8(2)11/h8-9,11H,5-7H2,1-4H3/t8-,9?/m1/s1. The molecule has 2 nitrogen and oxygen atoms in total. The van der Waals surface area contributed by atoms with E-state index in [9.17, 15) is 5.11 Å². The molecule has 0 rings (SSSR count). The Morgan fingerprint density at radius 3 is 2.42 bits per heavy atom. The van der Waals surface area contributed by atoms with Crippen LogP contribution in [0.2, 0.25) is 0 Å². The minimum Gasteiger partial charge on any atom is -0.392 e. The molecule has 74 valence electrons. The molecule has 0 aromatic rings. The first kappa shape index (κ1) is 12.3. The quantitative estimate of drug-likeness (QED) is 0.687. The molecule has 0 amide bonds. The van der Waals surface area contributed by atoms with Crippen LogP contribution in [0.1, 0.15) is 20.3 Å². The molecule has 0 saturated heterocycles. The Labute approximate surface area is 80.3 Å². The van der Waals surface area contributed by atoms with Crippen molar-refractivity contribution in [2.45, 2.75) is 32.4 Å². The lowest BCUT2D eigenvalue weighted by atomic mass is 10.2. The van der Waals surface area contributed by atoms with Crippen molar-refractivity contribution >= 4 is 11.8 Å². The van der Waals surface area contributed by atoms with Gasteiger partial charge in [-0.3, -0.25) is 0 Å². The van der Waals surface area contributed by atoms with Crippen molar-refractivity contribution in [2.24, 2.45) is 0 Å². The van der Waals surface area contributed by atoms with Crippen molar-refractivity contribution in [3.63, 3.8) is 0 Å². The van der Waals surface area contributed by atoms with Crippen molar-refractivity contribution < 1.29 is 5.11 Å². The highest BCUT2D eigenvalue weighted by atomic mass is 32.2. The van der Waals surface area contributed by atoms with E-state index in [1.807, 2.05) is 18.7 Å². The first-order valence-corrected chi connectivity index (χ1v) is 5.88. The van der Waals surface area contributed by atoms with Gasteiger partial charge in [0.1, 0.15) is 0 Å². The van der Waals surface area contributed by atoms with Gasteiger partial charge in [0.05, 0.1) is 6.10 Å². The van der Waals surface area contributed by atoms with E-state index in [2.05, 4.69) is 25.1 Å². The van der Waals surface area contributed by atoms with Gasteiger partial charge in [-0.2, -0.15) is 11.8 Å². The van der Waals surface area contributed by atoms with Gasteiger partial charge in [-0.05, 0) is 26.6 Å². The average Bonchev–Trinajstić information content (AvgIpc) is 1.98. The number of likely N-dealkylation sites (N-methyl/N-ethyl adjacent to an activating group) is 1. The van der Waals surface area contributed by atoms with E-state index in [0.717, 1.165) is 18.7 Å². The van der Waals surface area contributed by atoms with E-state index in [1.165, 1.54) is 0 Å². The summed E-state index contributed by atoms with van der Waals surface area (Å²) in [5, 5.41) is 9.19. The topological polar surface area (TPSA) is 23.5 Å². The number of hydrogen-bond acceptors (Lipinski definition) is 3. The summed E-state index contributed by atoms with van der Waals surface area (Å²) in [6.07, 6.45) is 3.06. The van der Waals surface area contributed by atoms with Crippen LogP contribution >= 0.6 is 11.8 Å². The minimum absolute atomic E-state index is 0.217. The molecule has 0 aliphatic carbocycles. The maximum Gasteiger partial charge on any atom is 0.0639 e. The Kier molecular flexibility index (Phi) is 6.90. The summed E-state index contributed by atoms with van der Waals surface area (Å²) in [5.74, 6) is 1.15. The molecule has 2 atom stereocenters. The normalized spacial score (nSPS) is 16.5. The molecule has 0 spiro atoms. The third-order valence-electron chi connectivity index (χ3n) is 2.01. The smallest absolute Gasteiger partial charge is 0.0639 e. The SMILES string of the molecule is CCC(CSC)N(C)C[C@@H](C)O. The summed E-state index contributed by atoms with van der Waals surface area (Å²) in [4.78, 5) is 2.24. The monoisotopic (exact) mass is 191 g/mol. The Hall–Kier alpha value is 0.270. The van der Waals surface area contributed by atoms with Crippen LogP contribution in [-0.4, -0.2) is 47.8 Å². The first-order chi connectivity index (χ1) is 5.61. The van der Waals surface area contributed by atoms with Crippen LogP contribution < -0.4 is 0 Å². The van der Waals surface area contributed by atoms with Crippen molar-refractivity contribution in [3.05, 3.63) is 0 Å². The Bertz CT molecular complexity index is 109. The molecule has 0 saturated carbocycles. The molecule has 0 fully saturated rings. The Balaban J connectivity index is 3.76.